The van der Waals surface area contributed by atoms with Gasteiger partial charge in [-0.15, -0.1) is 0 Å². The molecule has 0 saturated heterocycles. The highest BCUT2D eigenvalue weighted by Gasteiger charge is 2.19. The standard InChI is InChI=1S/C48H90O6/c1-4-7-10-13-16-18-20-22-23-24-26-27-29-32-35-38-41-47(50)53-44-45(43-52-46(49)40-37-34-31-15-12-9-6-3)54-48(51)42-39-36-33-30-28-25-21-19-17-14-11-8-5-2/h23-24,45H,4-22,25-44H2,1-3H3/b24-23-. The lowest BCUT2D eigenvalue weighted by Crippen LogP contribution is -2.30. The van der Waals surface area contributed by atoms with Gasteiger partial charge in [-0.05, 0) is 44.9 Å². The van der Waals surface area contributed by atoms with Crippen molar-refractivity contribution in [2.45, 2.75) is 264 Å². The maximum atomic E-state index is 12.7. The van der Waals surface area contributed by atoms with Gasteiger partial charge in [0.25, 0.3) is 0 Å². The Kier molecular flexibility index (Phi) is 42.4. The molecule has 0 saturated carbocycles. The SMILES string of the molecule is CCCCCCCCC/C=C\CCCCCCCC(=O)OCC(COC(=O)CCCCCCCCC)OC(=O)CCCCCCCCCCCCCCC. The maximum Gasteiger partial charge on any atom is 0.306 e. The minimum absolute atomic E-state index is 0.0690. The first-order valence-electron chi connectivity index (χ1n) is 23.7. The van der Waals surface area contributed by atoms with Crippen LogP contribution in [0.3, 0.4) is 0 Å². The van der Waals surface area contributed by atoms with Crippen LogP contribution >= 0.6 is 0 Å². The average molecular weight is 763 g/mol. The van der Waals surface area contributed by atoms with Crippen LogP contribution in [0, 0.1) is 0 Å². The molecule has 0 aliphatic carbocycles. The number of hydrogen-bond acceptors (Lipinski definition) is 6. The topological polar surface area (TPSA) is 78.9 Å². The third-order valence-corrected chi connectivity index (χ3v) is 10.5. The summed E-state index contributed by atoms with van der Waals surface area (Å²) >= 11 is 0. The summed E-state index contributed by atoms with van der Waals surface area (Å²) in [6.07, 6.45) is 46.3. The molecule has 0 N–H and O–H groups in total. The Morgan fingerprint density at radius 3 is 0.926 bits per heavy atom. The van der Waals surface area contributed by atoms with Crippen LogP contribution < -0.4 is 0 Å². The number of hydrogen-bond donors (Lipinski definition) is 0. The molecule has 0 bridgehead atoms. The largest absolute Gasteiger partial charge is 0.462 e. The lowest BCUT2D eigenvalue weighted by Gasteiger charge is -2.18. The van der Waals surface area contributed by atoms with Crippen molar-refractivity contribution in [1.29, 1.82) is 0 Å². The minimum atomic E-state index is -0.764. The molecule has 6 nitrogen and oxygen atoms in total. The van der Waals surface area contributed by atoms with Gasteiger partial charge in [-0.25, -0.2) is 0 Å². The molecular weight excluding hydrogens is 673 g/mol. The zero-order chi connectivity index (χ0) is 39.4. The smallest absolute Gasteiger partial charge is 0.306 e. The minimum Gasteiger partial charge on any atom is -0.462 e. The van der Waals surface area contributed by atoms with Crippen molar-refractivity contribution >= 4 is 17.9 Å². The highest BCUT2D eigenvalue weighted by atomic mass is 16.6. The molecule has 0 aliphatic heterocycles. The van der Waals surface area contributed by atoms with Crippen molar-refractivity contribution < 1.29 is 28.6 Å². The first kappa shape index (κ1) is 52.2. The van der Waals surface area contributed by atoms with Crippen molar-refractivity contribution in [2.75, 3.05) is 13.2 Å². The van der Waals surface area contributed by atoms with Crippen molar-refractivity contribution in [3.63, 3.8) is 0 Å². The van der Waals surface area contributed by atoms with E-state index in [9.17, 15) is 14.4 Å². The molecule has 0 aromatic heterocycles. The molecule has 6 heteroatoms. The summed E-state index contributed by atoms with van der Waals surface area (Å²) in [6.45, 7) is 6.60. The fourth-order valence-corrected chi connectivity index (χ4v) is 6.91. The number of esters is 3. The van der Waals surface area contributed by atoms with Gasteiger partial charge in [-0.3, -0.25) is 14.4 Å². The first-order valence-corrected chi connectivity index (χ1v) is 23.7. The number of carbonyl (C=O) groups excluding carboxylic acids is 3. The quantitative estimate of drug-likeness (QED) is 0.0266. The molecule has 0 rings (SSSR count). The Morgan fingerprint density at radius 2 is 0.611 bits per heavy atom. The van der Waals surface area contributed by atoms with Gasteiger partial charge < -0.3 is 14.2 Å². The molecule has 1 unspecified atom stereocenters. The normalized spacial score (nSPS) is 12.0. The van der Waals surface area contributed by atoms with Crippen LogP contribution in [0.4, 0.5) is 0 Å². The van der Waals surface area contributed by atoms with Crippen LogP contribution in [0.25, 0.3) is 0 Å². The molecule has 0 aromatic carbocycles. The molecular formula is C48H90O6. The Balaban J connectivity index is 4.26. The van der Waals surface area contributed by atoms with E-state index in [1.807, 2.05) is 0 Å². The summed E-state index contributed by atoms with van der Waals surface area (Å²) in [5.74, 6) is -0.874. The van der Waals surface area contributed by atoms with E-state index in [2.05, 4.69) is 32.9 Å². The van der Waals surface area contributed by atoms with Crippen LogP contribution in [0.1, 0.15) is 258 Å². The van der Waals surface area contributed by atoms with E-state index < -0.39 is 6.10 Å². The molecule has 0 spiro atoms. The summed E-state index contributed by atoms with van der Waals surface area (Å²) < 4.78 is 16.7. The summed E-state index contributed by atoms with van der Waals surface area (Å²) in [6, 6.07) is 0. The Hall–Kier alpha value is -1.85. The predicted octanol–water partition coefficient (Wildman–Crippen LogP) is 15.0. The van der Waals surface area contributed by atoms with Crippen LogP contribution in [-0.4, -0.2) is 37.2 Å². The third-order valence-electron chi connectivity index (χ3n) is 10.5. The number of rotatable bonds is 43. The van der Waals surface area contributed by atoms with Gasteiger partial charge in [0, 0.05) is 19.3 Å². The van der Waals surface area contributed by atoms with Crippen LogP contribution in [0.15, 0.2) is 12.2 Å². The van der Waals surface area contributed by atoms with Crippen molar-refractivity contribution in [3.05, 3.63) is 12.2 Å². The van der Waals surface area contributed by atoms with Gasteiger partial charge in [-0.2, -0.15) is 0 Å². The van der Waals surface area contributed by atoms with E-state index in [4.69, 9.17) is 14.2 Å². The molecule has 318 valence electrons. The molecule has 54 heavy (non-hydrogen) atoms. The highest BCUT2D eigenvalue weighted by Crippen LogP contribution is 2.15. The molecule has 0 heterocycles. The number of allylic oxidation sites excluding steroid dienone is 2. The second kappa shape index (κ2) is 43.9. The second-order valence-electron chi connectivity index (χ2n) is 16.0. The fraction of sp³-hybridized carbons (Fsp3) is 0.896. The van der Waals surface area contributed by atoms with E-state index in [0.717, 1.165) is 64.2 Å². The van der Waals surface area contributed by atoms with Gasteiger partial charge in [0.15, 0.2) is 6.10 Å². The zero-order valence-corrected chi connectivity index (χ0v) is 36.3. The van der Waals surface area contributed by atoms with E-state index in [0.29, 0.717) is 19.3 Å². The Morgan fingerprint density at radius 1 is 0.352 bits per heavy atom. The van der Waals surface area contributed by atoms with Crippen LogP contribution in [0.2, 0.25) is 0 Å². The van der Waals surface area contributed by atoms with Gasteiger partial charge in [0.1, 0.15) is 13.2 Å². The average Bonchev–Trinajstić information content (AvgIpc) is 3.17. The Bertz CT molecular complexity index is 839. The summed E-state index contributed by atoms with van der Waals surface area (Å²) in [7, 11) is 0. The molecule has 0 aromatic rings. The van der Waals surface area contributed by atoms with Crippen LogP contribution in [-0.2, 0) is 28.6 Å². The maximum absolute atomic E-state index is 12.7. The monoisotopic (exact) mass is 763 g/mol. The summed E-state index contributed by atoms with van der Waals surface area (Å²) in [5, 5.41) is 0. The van der Waals surface area contributed by atoms with Gasteiger partial charge in [-0.1, -0.05) is 206 Å². The van der Waals surface area contributed by atoms with E-state index >= 15 is 0 Å². The molecule has 0 aliphatic rings. The lowest BCUT2D eigenvalue weighted by molar-refractivity contribution is -0.167. The van der Waals surface area contributed by atoms with E-state index in [-0.39, 0.29) is 31.1 Å². The molecule has 0 amide bonds. The molecule has 0 radical (unpaired) electrons. The van der Waals surface area contributed by atoms with Gasteiger partial charge in [0.05, 0.1) is 0 Å². The van der Waals surface area contributed by atoms with Crippen molar-refractivity contribution in [1.82, 2.24) is 0 Å². The van der Waals surface area contributed by atoms with E-state index in [1.165, 1.54) is 154 Å². The number of carbonyl (C=O) groups is 3. The Labute approximate surface area is 335 Å². The lowest BCUT2D eigenvalue weighted by atomic mass is 10.0. The molecule has 0 fully saturated rings. The summed E-state index contributed by atoms with van der Waals surface area (Å²) in [5.41, 5.74) is 0. The predicted molar refractivity (Wildman–Crippen MR) is 229 cm³/mol. The van der Waals surface area contributed by atoms with E-state index in [1.54, 1.807) is 0 Å². The van der Waals surface area contributed by atoms with Gasteiger partial charge >= 0.3 is 17.9 Å². The van der Waals surface area contributed by atoms with Crippen molar-refractivity contribution in [3.8, 4) is 0 Å². The second-order valence-corrected chi connectivity index (χ2v) is 16.0. The molecule has 1 atom stereocenters. The zero-order valence-electron chi connectivity index (χ0n) is 36.3. The first-order chi connectivity index (χ1) is 26.5. The fourth-order valence-electron chi connectivity index (χ4n) is 6.91. The third kappa shape index (κ3) is 41.3. The van der Waals surface area contributed by atoms with Gasteiger partial charge in [0.2, 0.25) is 0 Å². The number of ether oxygens (including phenoxy) is 3. The number of unbranched alkanes of at least 4 members (excludes halogenated alkanes) is 30. The highest BCUT2D eigenvalue weighted by molar-refractivity contribution is 5.71. The summed E-state index contributed by atoms with van der Waals surface area (Å²) in [4.78, 5) is 37.6. The van der Waals surface area contributed by atoms with Crippen LogP contribution in [0.5, 0.6) is 0 Å². The van der Waals surface area contributed by atoms with Crippen molar-refractivity contribution in [2.24, 2.45) is 0 Å².